The third-order valence-corrected chi connectivity index (χ3v) is 4.18. The van der Waals surface area contributed by atoms with E-state index in [1.54, 1.807) is 0 Å². The topological polar surface area (TPSA) is 66.4 Å². The first-order valence-electron chi connectivity index (χ1n) is 6.64. The zero-order chi connectivity index (χ0) is 15.1. The number of carbonyl (C=O) groups excluding carboxylic acids is 1. The van der Waals surface area contributed by atoms with E-state index < -0.39 is 35.3 Å². The Balaban J connectivity index is 1.82. The smallest absolute Gasteiger partial charge is 0.307 e. The van der Waals surface area contributed by atoms with Gasteiger partial charge in [-0.3, -0.25) is 9.59 Å². The van der Waals surface area contributed by atoms with Gasteiger partial charge in [-0.15, -0.1) is 0 Å². The summed E-state index contributed by atoms with van der Waals surface area (Å²) in [4.78, 5) is 23.6. The normalized spacial score (nSPS) is 29.6. The summed E-state index contributed by atoms with van der Waals surface area (Å²) >= 11 is 0. The van der Waals surface area contributed by atoms with Gasteiger partial charge in [0.05, 0.1) is 11.8 Å². The molecule has 4 unspecified atom stereocenters. The fourth-order valence-corrected chi connectivity index (χ4v) is 3.37. The molecule has 6 heteroatoms. The largest absolute Gasteiger partial charge is 0.481 e. The molecule has 21 heavy (non-hydrogen) atoms. The maximum absolute atomic E-state index is 13.1. The summed E-state index contributed by atoms with van der Waals surface area (Å²) in [7, 11) is 0. The third-order valence-electron chi connectivity index (χ3n) is 4.18. The van der Waals surface area contributed by atoms with Crippen LogP contribution in [0.2, 0.25) is 0 Å². The Kier molecular flexibility index (Phi) is 3.23. The van der Waals surface area contributed by atoms with E-state index in [1.807, 2.05) is 12.2 Å². The summed E-state index contributed by atoms with van der Waals surface area (Å²) < 4.78 is 26.2. The lowest BCUT2D eigenvalue weighted by Gasteiger charge is -2.23. The summed E-state index contributed by atoms with van der Waals surface area (Å²) in [5.74, 6) is -4.88. The van der Waals surface area contributed by atoms with E-state index in [9.17, 15) is 23.5 Å². The van der Waals surface area contributed by atoms with Crippen molar-refractivity contribution in [2.45, 2.75) is 6.42 Å². The number of carboxylic acids is 1. The fourth-order valence-electron chi connectivity index (χ4n) is 3.37. The second-order valence-electron chi connectivity index (χ2n) is 5.49. The van der Waals surface area contributed by atoms with Gasteiger partial charge in [0.1, 0.15) is 11.6 Å². The second-order valence-corrected chi connectivity index (χ2v) is 5.49. The average Bonchev–Trinajstić information content (AvgIpc) is 2.96. The van der Waals surface area contributed by atoms with Crippen LogP contribution >= 0.6 is 0 Å². The Morgan fingerprint density at radius 1 is 1.05 bits per heavy atom. The molecule has 4 atom stereocenters. The monoisotopic (exact) mass is 293 g/mol. The van der Waals surface area contributed by atoms with Gasteiger partial charge in [0.15, 0.2) is 0 Å². The third kappa shape index (κ3) is 2.41. The van der Waals surface area contributed by atoms with Crippen molar-refractivity contribution in [1.29, 1.82) is 0 Å². The van der Waals surface area contributed by atoms with E-state index in [0.717, 1.165) is 12.1 Å². The van der Waals surface area contributed by atoms with Crippen LogP contribution in [0.1, 0.15) is 6.42 Å². The molecule has 2 aliphatic carbocycles. The average molecular weight is 293 g/mol. The van der Waals surface area contributed by atoms with Gasteiger partial charge in [-0.1, -0.05) is 12.2 Å². The number of carbonyl (C=O) groups is 2. The minimum Gasteiger partial charge on any atom is -0.481 e. The SMILES string of the molecule is O=C(O)C1C2C=CC(C2)C1C(=O)Nc1cc(F)cc(F)c1. The molecular weight excluding hydrogens is 280 g/mol. The van der Waals surface area contributed by atoms with Gasteiger partial charge >= 0.3 is 5.97 Å². The van der Waals surface area contributed by atoms with Crippen molar-refractivity contribution in [2.75, 3.05) is 5.32 Å². The number of allylic oxidation sites excluding steroid dienone is 2. The second kappa shape index (κ2) is 4.95. The highest BCUT2D eigenvalue weighted by Gasteiger charge is 2.51. The molecular formula is C15H13F2NO3. The number of anilines is 1. The van der Waals surface area contributed by atoms with Crippen LogP contribution in [0.4, 0.5) is 14.5 Å². The van der Waals surface area contributed by atoms with E-state index in [4.69, 9.17) is 0 Å². The van der Waals surface area contributed by atoms with Crippen molar-refractivity contribution in [3.05, 3.63) is 42.0 Å². The molecule has 0 aliphatic heterocycles. The number of hydrogen-bond donors (Lipinski definition) is 2. The highest BCUT2D eigenvalue weighted by Crippen LogP contribution is 2.48. The molecule has 1 aromatic carbocycles. The van der Waals surface area contributed by atoms with E-state index in [1.165, 1.54) is 0 Å². The Hall–Kier alpha value is -2.24. The van der Waals surface area contributed by atoms with E-state index in [0.29, 0.717) is 12.5 Å². The van der Waals surface area contributed by atoms with Crippen LogP contribution in [0, 0.1) is 35.3 Å². The molecule has 0 aromatic heterocycles. The summed E-state index contributed by atoms with van der Waals surface area (Å²) in [5.41, 5.74) is -0.00612. The van der Waals surface area contributed by atoms with Gasteiger partial charge in [0.2, 0.25) is 5.91 Å². The lowest BCUT2D eigenvalue weighted by atomic mass is 9.82. The molecule has 1 fully saturated rings. The molecule has 0 saturated heterocycles. The number of carboxylic acid groups (broad SMARTS) is 1. The van der Waals surface area contributed by atoms with Crippen LogP contribution in [0.5, 0.6) is 0 Å². The number of amides is 1. The number of nitrogens with one attached hydrogen (secondary N) is 1. The van der Waals surface area contributed by atoms with Crippen molar-refractivity contribution < 1.29 is 23.5 Å². The molecule has 0 heterocycles. The Morgan fingerprint density at radius 2 is 1.62 bits per heavy atom. The predicted octanol–water partition coefficient (Wildman–Crippen LogP) is 2.43. The number of rotatable bonds is 3. The maximum Gasteiger partial charge on any atom is 0.307 e. The lowest BCUT2D eigenvalue weighted by Crippen LogP contribution is -2.36. The van der Waals surface area contributed by atoms with E-state index >= 15 is 0 Å². The van der Waals surface area contributed by atoms with Crippen LogP contribution in [0.15, 0.2) is 30.4 Å². The zero-order valence-electron chi connectivity index (χ0n) is 10.9. The standard InChI is InChI=1S/C15H13F2NO3/c16-9-4-10(17)6-11(5-9)18-14(19)12-7-1-2-8(3-7)13(12)15(20)21/h1-2,4-8,12-13H,3H2,(H,18,19)(H,20,21). The Morgan fingerprint density at radius 3 is 2.19 bits per heavy atom. The van der Waals surface area contributed by atoms with Crippen LogP contribution in [-0.2, 0) is 9.59 Å². The minimum atomic E-state index is -1.02. The van der Waals surface area contributed by atoms with Gasteiger partial charge < -0.3 is 10.4 Å². The van der Waals surface area contributed by atoms with Crippen molar-refractivity contribution in [1.82, 2.24) is 0 Å². The van der Waals surface area contributed by atoms with Crippen molar-refractivity contribution >= 4 is 17.6 Å². The first kappa shape index (κ1) is 13.7. The van der Waals surface area contributed by atoms with E-state index in [-0.39, 0.29) is 17.5 Å². The first-order chi connectivity index (χ1) is 9.95. The van der Waals surface area contributed by atoms with Gasteiger partial charge in [-0.05, 0) is 30.4 Å². The summed E-state index contributed by atoms with van der Waals surface area (Å²) in [6.45, 7) is 0. The lowest BCUT2D eigenvalue weighted by molar-refractivity contribution is -0.146. The fraction of sp³-hybridized carbons (Fsp3) is 0.333. The quantitative estimate of drug-likeness (QED) is 0.841. The Bertz CT molecular complexity index is 624. The first-order valence-corrected chi connectivity index (χ1v) is 6.64. The molecule has 3 rings (SSSR count). The molecule has 0 spiro atoms. The highest BCUT2D eigenvalue weighted by molar-refractivity contribution is 5.96. The molecule has 4 nitrogen and oxygen atoms in total. The van der Waals surface area contributed by atoms with E-state index in [2.05, 4.69) is 5.32 Å². The minimum absolute atomic E-state index is 0.00612. The van der Waals surface area contributed by atoms with Crippen LogP contribution < -0.4 is 5.32 Å². The summed E-state index contributed by atoms with van der Waals surface area (Å²) in [6.07, 6.45) is 4.31. The molecule has 1 amide bonds. The van der Waals surface area contributed by atoms with Gasteiger partial charge in [-0.2, -0.15) is 0 Å². The Labute approximate surface area is 119 Å². The molecule has 2 bridgehead atoms. The summed E-state index contributed by atoms with van der Waals surface area (Å²) in [6, 6.07) is 2.70. The number of benzene rings is 1. The summed E-state index contributed by atoms with van der Waals surface area (Å²) in [5, 5.41) is 11.7. The number of halogens is 2. The van der Waals surface area contributed by atoms with Gasteiger partial charge in [-0.25, -0.2) is 8.78 Å². The predicted molar refractivity (Wildman–Crippen MR) is 70.3 cm³/mol. The molecule has 2 aliphatic rings. The highest BCUT2D eigenvalue weighted by atomic mass is 19.1. The molecule has 0 radical (unpaired) electrons. The maximum atomic E-state index is 13.1. The van der Waals surface area contributed by atoms with Crippen molar-refractivity contribution in [2.24, 2.45) is 23.7 Å². The molecule has 1 saturated carbocycles. The number of aliphatic carboxylic acids is 1. The van der Waals surface area contributed by atoms with Crippen LogP contribution in [-0.4, -0.2) is 17.0 Å². The molecule has 2 N–H and O–H groups in total. The number of hydrogen-bond acceptors (Lipinski definition) is 2. The van der Waals surface area contributed by atoms with Crippen LogP contribution in [0.3, 0.4) is 0 Å². The molecule has 110 valence electrons. The van der Waals surface area contributed by atoms with Gasteiger partial charge in [0, 0.05) is 11.8 Å². The van der Waals surface area contributed by atoms with Crippen LogP contribution in [0.25, 0.3) is 0 Å². The van der Waals surface area contributed by atoms with Gasteiger partial charge in [0.25, 0.3) is 0 Å². The molecule has 1 aromatic rings. The van der Waals surface area contributed by atoms with Crippen molar-refractivity contribution in [3.8, 4) is 0 Å². The zero-order valence-corrected chi connectivity index (χ0v) is 10.9. The number of fused-ring (bicyclic) bond motifs is 2. The van der Waals surface area contributed by atoms with Crippen molar-refractivity contribution in [3.63, 3.8) is 0 Å².